The molecule has 1 aromatic carbocycles. The number of carbonyl (C=O) groups is 2. The average Bonchev–Trinajstić information content (AvgIpc) is 3.65. The lowest BCUT2D eigenvalue weighted by atomic mass is 9.76. The van der Waals surface area contributed by atoms with Gasteiger partial charge in [-0.15, -0.1) is 0 Å². The third-order valence-corrected chi connectivity index (χ3v) is 13.6. The van der Waals surface area contributed by atoms with Crippen LogP contribution in [0.2, 0.25) is 0 Å². The highest BCUT2D eigenvalue weighted by Gasteiger charge is 2.52. The van der Waals surface area contributed by atoms with Crippen molar-refractivity contribution in [3.05, 3.63) is 58.3 Å². The summed E-state index contributed by atoms with van der Waals surface area (Å²) >= 11 is 0. The van der Waals surface area contributed by atoms with Crippen molar-refractivity contribution in [2.45, 2.75) is 94.2 Å². The summed E-state index contributed by atoms with van der Waals surface area (Å²) in [6.07, 6.45) is 16.9. The van der Waals surface area contributed by atoms with Gasteiger partial charge >= 0.3 is 10.2 Å². The maximum Gasteiger partial charge on any atom is 0.303 e. The maximum atomic E-state index is 14.4. The van der Waals surface area contributed by atoms with E-state index in [9.17, 15) is 18.0 Å². The number of hydrogen-bond donors (Lipinski definition) is 2. The predicted octanol–water partition coefficient (Wildman–Crippen LogP) is 4.80. The van der Waals surface area contributed by atoms with Crippen molar-refractivity contribution in [3.63, 3.8) is 0 Å². The lowest BCUT2D eigenvalue weighted by molar-refractivity contribution is -0.126. The summed E-state index contributed by atoms with van der Waals surface area (Å²) in [5.74, 6) is -0.705. The highest BCUT2D eigenvalue weighted by atomic mass is 32.2. The minimum absolute atomic E-state index is 0.0490. The van der Waals surface area contributed by atoms with Crippen LogP contribution >= 0.6 is 0 Å². The lowest BCUT2D eigenvalue weighted by Crippen LogP contribution is -2.50. The van der Waals surface area contributed by atoms with Crippen molar-refractivity contribution in [2.75, 3.05) is 28.3 Å². The number of allylic oxidation sites excluding steroid dienone is 3. The summed E-state index contributed by atoms with van der Waals surface area (Å²) in [5, 5.41) is 4.49. The smallest absolute Gasteiger partial charge is 0.303 e. The molecule has 48 heavy (non-hydrogen) atoms. The molecule has 2 saturated heterocycles. The molecule has 2 bridgehead atoms. The van der Waals surface area contributed by atoms with E-state index in [1.165, 1.54) is 51.8 Å². The fourth-order valence-electron chi connectivity index (χ4n) is 9.58. The van der Waals surface area contributed by atoms with E-state index in [2.05, 4.69) is 56.9 Å². The SMILES string of the molecule is COc1ccc(C2CCCCC2)c2c1cc1n2C=C2C(=C3C=CC[C@@H](C(=O)NC4CC5CCC(C4)N5C)C31)C2C(=O)NS(=O)(=O)N(C)C. The molecule has 11 heteroatoms. The van der Waals surface area contributed by atoms with Gasteiger partial charge in [-0.3, -0.25) is 9.59 Å². The van der Waals surface area contributed by atoms with Crippen molar-refractivity contribution in [2.24, 2.45) is 11.8 Å². The van der Waals surface area contributed by atoms with Gasteiger partial charge in [0.2, 0.25) is 11.8 Å². The quantitative estimate of drug-likeness (QED) is 0.437. The largest absolute Gasteiger partial charge is 0.496 e. The molecule has 2 amide bonds. The van der Waals surface area contributed by atoms with Crippen LogP contribution < -0.4 is 14.8 Å². The molecule has 4 heterocycles. The van der Waals surface area contributed by atoms with E-state index in [4.69, 9.17) is 4.74 Å². The van der Waals surface area contributed by atoms with Crippen LogP contribution in [0.3, 0.4) is 0 Å². The highest BCUT2D eigenvalue weighted by molar-refractivity contribution is 7.87. The Bertz CT molecular complexity index is 1870. The molecule has 2 aromatic rings. The van der Waals surface area contributed by atoms with E-state index in [-0.39, 0.29) is 23.8 Å². The van der Waals surface area contributed by atoms with Crippen molar-refractivity contribution >= 4 is 39.1 Å². The van der Waals surface area contributed by atoms with Crippen molar-refractivity contribution in [1.29, 1.82) is 0 Å². The molecular weight excluding hydrogens is 627 g/mol. The number of fused-ring (bicyclic) bond motifs is 8. The Kier molecular flexibility index (Phi) is 7.88. The van der Waals surface area contributed by atoms with Gasteiger partial charge in [0.15, 0.2) is 0 Å². The molecule has 3 aliphatic carbocycles. The van der Waals surface area contributed by atoms with Crippen LogP contribution in [0.15, 0.2) is 47.1 Å². The number of nitrogens with zero attached hydrogens (tertiary/aromatic N) is 3. The number of piperidine rings is 1. The zero-order valence-corrected chi connectivity index (χ0v) is 29.2. The fraction of sp³-hybridized carbons (Fsp3) is 0.568. The van der Waals surface area contributed by atoms with Crippen molar-refractivity contribution in [1.82, 2.24) is 23.8 Å². The second kappa shape index (κ2) is 11.9. The van der Waals surface area contributed by atoms with Crippen LogP contribution in [0.25, 0.3) is 17.1 Å². The number of carbonyl (C=O) groups excluding carboxylic acids is 2. The number of aromatic nitrogens is 1. The van der Waals surface area contributed by atoms with Crippen LogP contribution in [-0.2, 0) is 19.8 Å². The summed E-state index contributed by atoms with van der Waals surface area (Å²) in [7, 11) is 2.74. The van der Waals surface area contributed by atoms with Gasteiger partial charge in [0, 0.05) is 55.4 Å². The molecule has 4 unspecified atom stereocenters. The zero-order chi connectivity index (χ0) is 33.5. The van der Waals surface area contributed by atoms with Crippen LogP contribution in [0.1, 0.15) is 87.3 Å². The van der Waals surface area contributed by atoms with Crippen LogP contribution in [-0.4, -0.2) is 80.4 Å². The molecule has 10 nitrogen and oxygen atoms in total. The van der Waals surface area contributed by atoms with Gasteiger partial charge in [0.1, 0.15) is 5.75 Å². The first-order valence-corrected chi connectivity index (χ1v) is 19.1. The predicted molar refractivity (Wildman–Crippen MR) is 186 cm³/mol. The number of nitrogens with one attached hydrogen (secondary N) is 2. The summed E-state index contributed by atoms with van der Waals surface area (Å²) < 4.78 is 36.9. The molecule has 6 aliphatic rings. The van der Waals surface area contributed by atoms with Gasteiger partial charge < -0.3 is 19.5 Å². The first kappa shape index (κ1) is 31.8. The molecule has 1 aromatic heterocycles. The average molecular weight is 674 g/mol. The second-order valence-electron chi connectivity index (χ2n) is 15.0. The Morgan fingerprint density at radius 3 is 2.42 bits per heavy atom. The molecule has 2 saturated carbocycles. The molecule has 8 rings (SSSR count). The summed E-state index contributed by atoms with van der Waals surface area (Å²) in [6.45, 7) is 0. The summed E-state index contributed by atoms with van der Waals surface area (Å²) in [6, 6.07) is 7.64. The molecule has 4 fully saturated rings. The highest BCUT2D eigenvalue weighted by Crippen LogP contribution is 2.57. The van der Waals surface area contributed by atoms with E-state index in [1.807, 2.05) is 6.20 Å². The Balaban J connectivity index is 1.25. The fourth-order valence-corrected chi connectivity index (χ4v) is 10.1. The topological polar surface area (TPSA) is 113 Å². The Morgan fingerprint density at radius 2 is 1.73 bits per heavy atom. The maximum absolute atomic E-state index is 14.4. The number of rotatable bonds is 7. The number of hydrogen-bond acceptors (Lipinski definition) is 6. The van der Waals surface area contributed by atoms with E-state index in [0.29, 0.717) is 24.4 Å². The second-order valence-corrected chi connectivity index (χ2v) is 16.9. The normalized spacial score (nSPS) is 30.0. The van der Waals surface area contributed by atoms with Gasteiger partial charge in [0.25, 0.3) is 0 Å². The van der Waals surface area contributed by atoms with Crippen molar-refractivity contribution < 1.29 is 22.7 Å². The van der Waals surface area contributed by atoms with Crippen LogP contribution in [0.5, 0.6) is 5.75 Å². The number of benzene rings is 1. The molecule has 0 radical (unpaired) electrons. The van der Waals surface area contributed by atoms with E-state index >= 15 is 0 Å². The summed E-state index contributed by atoms with van der Waals surface area (Å²) in [4.78, 5) is 30.5. The molecule has 0 spiro atoms. The van der Waals surface area contributed by atoms with Crippen molar-refractivity contribution in [3.8, 4) is 5.75 Å². The minimum Gasteiger partial charge on any atom is -0.496 e. The molecule has 3 aliphatic heterocycles. The lowest BCUT2D eigenvalue weighted by Gasteiger charge is -2.38. The van der Waals surface area contributed by atoms with Crippen LogP contribution in [0, 0.1) is 11.8 Å². The Morgan fingerprint density at radius 1 is 1.00 bits per heavy atom. The van der Waals surface area contributed by atoms with E-state index in [1.54, 1.807) is 7.11 Å². The number of ether oxygens (including phenoxy) is 1. The van der Waals surface area contributed by atoms with E-state index in [0.717, 1.165) is 69.1 Å². The van der Waals surface area contributed by atoms with Crippen LogP contribution in [0.4, 0.5) is 0 Å². The van der Waals surface area contributed by atoms with Gasteiger partial charge in [0.05, 0.1) is 24.5 Å². The van der Waals surface area contributed by atoms with Gasteiger partial charge in [-0.25, -0.2) is 4.72 Å². The third-order valence-electron chi connectivity index (χ3n) is 12.2. The first-order valence-electron chi connectivity index (χ1n) is 17.7. The molecule has 5 atom stereocenters. The zero-order valence-electron chi connectivity index (χ0n) is 28.4. The van der Waals surface area contributed by atoms with E-state index < -0.39 is 22.0 Å². The first-order chi connectivity index (χ1) is 23.1. The van der Waals surface area contributed by atoms with Gasteiger partial charge in [-0.1, -0.05) is 37.5 Å². The molecular formula is C37H47N5O5S. The summed E-state index contributed by atoms with van der Waals surface area (Å²) in [5.41, 5.74) is 5.91. The molecule has 256 valence electrons. The number of methoxy groups -OCH3 is 1. The monoisotopic (exact) mass is 673 g/mol. The van der Waals surface area contributed by atoms with Gasteiger partial charge in [-0.2, -0.15) is 12.7 Å². The number of amides is 2. The standard InChI is InChI=1S/C37H47N5O5S/c1-40(2)48(45,46)39-37(44)34-29-20-42-30(19-28-31(47-4)16-15-25(35(28)42)21-9-6-5-7-10-21)32-26(33(29)34)11-8-12-27(32)36(43)38-22-17-23-13-14-24(18-22)41(23)3/h8,11,15-16,19-24,27,32,34H,5-7,9-10,12-14,17-18H2,1-4H3,(H,38,43)(H,39,44)/t22?,23?,24?,27-,32?,34?/m1/s1. The Labute approximate surface area is 283 Å². The third kappa shape index (κ3) is 5.15. The van der Waals surface area contributed by atoms with Gasteiger partial charge in [-0.05, 0) is 92.3 Å². The molecule has 2 N–H and O–H groups in total. The minimum atomic E-state index is -3.97. The Hall–Kier alpha value is -3.41.